The number of nitrogens with one attached hydrogen (secondary N) is 1. The third-order valence-corrected chi connectivity index (χ3v) is 4.82. The maximum absolute atomic E-state index is 12.4. The molecule has 0 aromatic rings. The van der Waals surface area contributed by atoms with Crippen molar-refractivity contribution in [2.45, 2.75) is 38.6 Å². The molecule has 2 amide bonds. The lowest BCUT2D eigenvalue weighted by Crippen LogP contribution is -2.57. The Morgan fingerprint density at radius 2 is 2.00 bits per heavy atom. The molecule has 0 aromatic carbocycles. The Balaban J connectivity index is 1.76. The van der Waals surface area contributed by atoms with Crippen molar-refractivity contribution in [2.75, 3.05) is 46.4 Å². The Hall–Kier alpha value is -1.14. The molecule has 2 saturated heterocycles. The highest BCUT2D eigenvalue weighted by atomic mass is 16.5. The first-order chi connectivity index (χ1) is 10.4. The number of amides is 2. The van der Waals surface area contributed by atoms with E-state index < -0.39 is 0 Å². The first-order valence-electron chi connectivity index (χ1n) is 8.21. The molecule has 1 unspecified atom stereocenters. The van der Waals surface area contributed by atoms with Crippen LogP contribution < -0.4 is 5.32 Å². The molecule has 2 aliphatic heterocycles. The van der Waals surface area contributed by atoms with Gasteiger partial charge in [-0.15, -0.1) is 0 Å². The van der Waals surface area contributed by atoms with E-state index in [0.29, 0.717) is 31.9 Å². The normalized spacial score (nSPS) is 24.2. The van der Waals surface area contributed by atoms with Gasteiger partial charge in [-0.2, -0.15) is 0 Å². The summed E-state index contributed by atoms with van der Waals surface area (Å²) in [6.45, 7) is 9.05. The van der Waals surface area contributed by atoms with Crippen LogP contribution in [0.1, 0.15) is 33.1 Å². The summed E-state index contributed by atoms with van der Waals surface area (Å²) in [6, 6.07) is 0. The van der Waals surface area contributed by atoms with Crippen molar-refractivity contribution < 1.29 is 14.3 Å². The zero-order chi connectivity index (χ0) is 16.2. The number of nitrogens with zero attached hydrogens (tertiary/aromatic N) is 2. The second kappa shape index (κ2) is 7.42. The van der Waals surface area contributed by atoms with E-state index >= 15 is 0 Å². The number of carbonyl (C=O) groups excluding carboxylic acids is 2. The summed E-state index contributed by atoms with van der Waals surface area (Å²) in [5.74, 6) is 0.635. The minimum atomic E-state index is 0.0114. The molecule has 1 atom stereocenters. The Labute approximate surface area is 133 Å². The average Bonchev–Trinajstić information content (AvgIpc) is 2.49. The van der Waals surface area contributed by atoms with E-state index in [4.69, 9.17) is 4.74 Å². The van der Waals surface area contributed by atoms with Gasteiger partial charge < -0.3 is 15.0 Å². The standard InChI is InChI=1S/C16H29N3O3/c1-16(2,12-22-3)19-8-6-18(7-9-19)15(21)10-13-4-5-14(20)17-11-13/h13H,4-12H2,1-3H3,(H,17,20). The Morgan fingerprint density at radius 1 is 1.32 bits per heavy atom. The monoisotopic (exact) mass is 311 g/mol. The molecule has 0 radical (unpaired) electrons. The molecular formula is C16H29N3O3. The molecule has 126 valence electrons. The summed E-state index contributed by atoms with van der Waals surface area (Å²) in [7, 11) is 1.73. The van der Waals surface area contributed by atoms with Crippen molar-refractivity contribution in [3.63, 3.8) is 0 Å². The van der Waals surface area contributed by atoms with Gasteiger partial charge in [-0.25, -0.2) is 0 Å². The first kappa shape index (κ1) is 17.2. The van der Waals surface area contributed by atoms with Gasteiger partial charge in [0.2, 0.25) is 11.8 Å². The van der Waals surface area contributed by atoms with E-state index in [2.05, 4.69) is 24.1 Å². The van der Waals surface area contributed by atoms with Gasteiger partial charge in [-0.3, -0.25) is 14.5 Å². The Morgan fingerprint density at radius 3 is 2.55 bits per heavy atom. The fourth-order valence-electron chi connectivity index (χ4n) is 3.34. The predicted octanol–water partition coefficient (Wildman–Crippen LogP) is 0.472. The molecule has 0 spiro atoms. The van der Waals surface area contributed by atoms with Crippen LogP contribution in [0.25, 0.3) is 0 Å². The van der Waals surface area contributed by atoms with Crippen LogP contribution in [0.15, 0.2) is 0 Å². The fourth-order valence-corrected chi connectivity index (χ4v) is 3.34. The molecule has 2 fully saturated rings. The molecule has 1 N–H and O–H groups in total. The molecule has 0 aliphatic carbocycles. The van der Waals surface area contributed by atoms with Crippen LogP contribution in [-0.2, 0) is 14.3 Å². The molecule has 0 saturated carbocycles. The van der Waals surface area contributed by atoms with Gasteiger partial charge in [0.05, 0.1) is 6.61 Å². The second-order valence-electron chi connectivity index (χ2n) is 7.03. The molecule has 6 nitrogen and oxygen atoms in total. The van der Waals surface area contributed by atoms with Gasteiger partial charge in [0.1, 0.15) is 0 Å². The third kappa shape index (κ3) is 4.43. The zero-order valence-electron chi connectivity index (χ0n) is 14.1. The van der Waals surface area contributed by atoms with Gasteiger partial charge in [0.25, 0.3) is 0 Å². The van der Waals surface area contributed by atoms with Gasteiger partial charge in [0.15, 0.2) is 0 Å². The lowest BCUT2D eigenvalue weighted by molar-refractivity contribution is -0.136. The summed E-state index contributed by atoms with van der Waals surface area (Å²) in [4.78, 5) is 27.9. The van der Waals surface area contributed by atoms with Crippen molar-refractivity contribution >= 4 is 11.8 Å². The number of piperazine rings is 1. The van der Waals surface area contributed by atoms with E-state index in [1.54, 1.807) is 7.11 Å². The van der Waals surface area contributed by atoms with E-state index in [-0.39, 0.29) is 17.4 Å². The smallest absolute Gasteiger partial charge is 0.223 e. The lowest BCUT2D eigenvalue weighted by atomic mass is 9.95. The number of carbonyl (C=O) groups is 2. The number of piperidine rings is 1. The maximum atomic E-state index is 12.4. The summed E-state index contributed by atoms with van der Waals surface area (Å²) in [6.07, 6.45) is 1.94. The summed E-state index contributed by atoms with van der Waals surface area (Å²) in [5, 5.41) is 2.85. The van der Waals surface area contributed by atoms with E-state index in [0.717, 1.165) is 32.6 Å². The highest BCUT2D eigenvalue weighted by molar-refractivity contribution is 5.79. The molecule has 2 aliphatic rings. The minimum Gasteiger partial charge on any atom is -0.383 e. The fraction of sp³-hybridized carbons (Fsp3) is 0.875. The van der Waals surface area contributed by atoms with E-state index in [9.17, 15) is 9.59 Å². The maximum Gasteiger partial charge on any atom is 0.223 e. The predicted molar refractivity (Wildman–Crippen MR) is 84.5 cm³/mol. The molecule has 0 bridgehead atoms. The van der Waals surface area contributed by atoms with Gasteiger partial charge in [-0.1, -0.05) is 0 Å². The minimum absolute atomic E-state index is 0.0114. The van der Waals surface area contributed by atoms with Crippen molar-refractivity contribution in [1.82, 2.24) is 15.1 Å². The summed E-state index contributed by atoms with van der Waals surface area (Å²) >= 11 is 0. The van der Waals surface area contributed by atoms with Crippen LogP contribution >= 0.6 is 0 Å². The first-order valence-corrected chi connectivity index (χ1v) is 8.21. The van der Waals surface area contributed by atoms with Crippen LogP contribution in [0.3, 0.4) is 0 Å². The van der Waals surface area contributed by atoms with Crippen LogP contribution in [-0.4, -0.2) is 73.6 Å². The molecular weight excluding hydrogens is 282 g/mol. The zero-order valence-corrected chi connectivity index (χ0v) is 14.1. The molecule has 6 heteroatoms. The molecule has 2 rings (SSSR count). The number of hydrogen-bond donors (Lipinski definition) is 1. The Kier molecular flexibility index (Phi) is 5.81. The highest BCUT2D eigenvalue weighted by Gasteiger charge is 2.32. The Bertz CT molecular complexity index is 393. The summed E-state index contributed by atoms with van der Waals surface area (Å²) < 4.78 is 5.29. The van der Waals surface area contributed by atoms with Crippen molar-refractivity contribution in [2.24, 2.45) is 5.92 Å². The summed E-state index contributed by atoms with van der Waals surface area (Å²) in [5.41, 5.74) is 0.0114. The van der Waals surface area contributed by atoms with Crippen molar-refractivity contribution in [3.05, 3.63) is 0 Å². The molecule has 0 aromatic heterocycles. The van der Waals surface area contributed by atoms with Crippen LogP contribution in [0, 0.1) is 5.92 Å². The van der Waals surface area contributed by atoms with Gasteiger partial charge >= 0.3 is 0 Å². The largest absolute Gasteiger partial charge is 0.383 e. The molecule has 22 heavy (non-hydrogen) atoms. The number of rotatable bonds is 5. The van der Waals surface area contributed by atoms with Gasteiger partial charge in [-0.05, 0) is 26.2 Å². The van der Waals surface area contributed by atoms with Crippen molar-refractivity contribution in [1.29, 1.82) is 0 Å². The second-order valence-corrected chi connectivity index (χ2v) is 7.03. The number of methoxy groups -OCH3 is 1. The highest BCUT2D eigenvalue weighted by Crippen LogP contribution is 2.20. The van der Waals surface area contributed by atoms with Crippen LogP contribution in [0.5, 0.6) is 0 Å². The van der Waals surface area contributed by atoms with E-state index in [1.165, 1.54) is 0 Å². The quantitative estimate of drug-likeness (QED) is 0.802. The number of hydrogen-bond acceptors (Lipinski definition) is 4. The average molecular weight is 311 g/mol. The molecule has 2 heterocycles. The van der Waals surface area contributed by atoms with Gasteiger partial charge in [0, 0.05) is 58.2 Å². The SMILES string of the molecule is COCC(C)(C)N1CCN(C(=O)CC2CCC(=O)NC2)CC1. The topological polar surface area (TPSA) is 61.9 Å². The van der Waals surface area contributed by atoms with Crippen molar-refractivity contribution in [3.8, 4) is 0 Å². The third-order valence-electron chi connectivity index (χ3n) is 4.82. The number of ether oxygens (including phenoxy) is 1. The van der Waals surface area contributed by atoms with Crippen LogP contribution in [0.4, 0.5) is 0 Å². The lowest BCUT2D eigenvalue weighted by Gasteiger charge is -2.44. The van der Waals surface area contributed by atoms with Crippen LogP contribution in [0.2, 0.25) is 0 Å². The van der Waals surface area contributed by atoms with E-state index in [1.807, 2.05) is 4.90 Å².